The Hall–Kier alpha value is -4.77. The fraction of sp³-hybridized carbons (Fsp3) is 0.216. The van der Waals surface area contributed by atoms with E-state index in [1.54, 1.807) is 14.2 Å². The van der Waals surface area contributed by atoms with Crippen LogP contribution in [0.2, 0.25) is 0 Å². The molecule has 1 heterocycles. The van der Waals surface area contributed by atoms with Gasteiger partial charge in [0.15, 0.2) is 5.78 Å². The number of hydrogen-bond donors (Lipinski definition) is 2. The number of H-pyrrole nitrogens is 1. The number of methoxy groups -OCH3 is 2. The molecule has 0 fully saturated rings. The summed E-state index contributed by atoms with van der Waals surface area (Å²) in [6.45, 7) is 4.32. The second kappa shape index (κ2) is 11.2. The Morgan fingerprint density at radius 1 is 0.762 bits per heavy atom. The first kappa shape index (κ1) is 27.4. The molecule has 0 radical (unpaired) electrons. The molecule has 6 rings (SSSR count). The summed E-state index contributed by atoms with van der Waals surface area (Å²) in [5.41, 5.74) is 7.59. The lowest BCUT2D eigenvalue weighted by molar-refractivity contribution is -0.116. The van der Waals surface area contributed by atoms with E-state index in [4.69, 9.17) is 9.47 Å². The van der Waals surface area contributed by atoms with Crippen LogP contribution in [0.3, 0.4) is 0 Å². The van der Waals surface area contributed by atoms with E-state index < -0.39 is 0 Å². The molecule has 1 aliphatic carbocycles. The van der Waals surface area contributed by atoms with E-state index in [1.807, 2.05) is 48.5 Å². The minimum Gasteiger partial charge on any atom is -0.497 e. The lowest BCUT2D eigenvalue weighted by atomic mass is 9.73. The minimum atomic E-state index is -0.177. The lowest BCUT2D eigenvalue weighted by Crippen LogP contribution is -2.28. The van der Waals surface area contributed by atoms with E-state index in [1.165, 1.54) is 0 Å². The summed E-state index contributed by atoms with van der Waals surface area (Å²) in [6.07, 6.45) is 1.21. The first-order valence-electron chi connectivity index (χ1n) is 14.3. The monoisotopic (exact) mass is 556 g/mol. The van der Waals surface area contributed by atoms with Gasteiger partial charge in [0.2, 0.25) is 0 Å². The molecule has 212 valence electrons. The SMILES string of the molecule is COc1ccc(NC2=C(c3c(C(c4ccccc4)c4ccccc4)[nH]c4cc(OC)ccc34)C(=O)CC(C)(C)C2)cc1. The van der Waals surface area contributed by atoms with Crippen molar-refractivity contribution in [2.45, 2.75) is 32.6 Å². The highest BCUT2D eigenvalue weighted by Crippen LogP contribution is 2.46. The van der Waals surface area contributed by atoms with Crippen molar-refractivity contribution in [1.29, 1.82) is 0 Å². The number of ether oxygens (including phenoxy) is 2. The van der Waals surface area contributed by atoms with Crippen molar-refractivity contribution in [3.05, 3.63) is 131 Å². The number of aromatic nitrogens is 1. The van der Waals surface area contributed by atoms with Gasteiger partial charge < -0.3 is 19.8 Å². The molecule has 0 amide bonds. The number of nitrogens with one attached hydrogen (secondary N) is 2. The number of carbonyl (C=O) groups is 1. The first-order chi connectivity index (χ1) is 20.4. The second-order valence-corrected chi connectivity index (χ2v) is 11.7. The number of fused-ring (bicyclic) bond motifs is 1. The largest absolute Gasteiger partial charge is 0.497 e. The Balaban J connectivity index is 1.64. The average molecular weight is 557 g/mol. The lowest BCUT2D eigenvalue weighted by Gasteiger charge is -2.33. The number of allylic oxidation sites excluding steroid dienone is 2. The van der Waals surface area contributed by atoms with Crippen LogP contribution in [0.25, 0.3) is 16.5 Å². The van der Waals surface area contributed by atoms with Crippen LogP contribution in [-0.4, -0.2) is 25.0 Å². The van der Waals surface area contributed by atoms with Crippen LogP contribution < -0.4 is 14.8 Å². The Morgan fingerprint density at radius 2 is 1.36 bits per heavy atom. The summed E-state index contributed by atoms with van der Waals surface area (Å²) in [5, 5.41) is 4.65. The molecule has 0 saturated carbocycles. The smallest absolute Gasteiger partial charge is 0.165 e. The molecule has 1 aliphatic rings. The summed E-state index contributed by atoms with van der Waals surface area (Å²) in [5.74, 6) is 1.58. The van der Waals surface area contributed by atoms with Crippen LogP contribution in [0.15, 0.2) is 109 Å². The van der Waals surface area contributed by atoms with Gasteiger partial charge in [0.1, 0.15) is 11.5 Å². The van der Waals surface area contributed by atoms with Crippen molar-refractivity contribution >= 4 is 27.9 Å². The van der Waals surface area contributed by atoms with Crippen molar-refractivity contribution in [2.24, 2.45) is 5.41 Å². The maximum atomic E-state index is 14.3. The number of hydrogen-bond acceptors (Lipinski definition) is 4. The zero-order chi connectivity index (χ0) is 29.3. The van der Waals surface area contributed by atoms with Gasteiger partial charge in [-0.3, -0.25) is 4.79 Å². The molecule has 1 aromatic heterocycles. The van der Waals surface area contributed by atoms with Gasteiger partial charge in [-0.1, -0.05) is 74.5 Å². The molecule has 4 aromatic carbocycles. The van der Waals surface area contributed by atoms with Crippen molar-refractivity contribution in [2.75, 3.05) is 19.5 Å². The number of Topliss-reactive ketones (excluding diaryl/α,β-unsaturated/α-hetero) is 1. The fourth-order valence-corrected chi connectivity index (χ4v) is 6.19. The molecule has 2 N–H and O–H groups in total. The van der Waals surface area contributed by atoms with E-state index in [9.17, 15) is 4.79 Å². The topological polar surface area (TPSA) is 63.4 Å². The third-order valence-electron chi connectivity index (χ3n) is 8.10. The van der Waals surface area contributed by atoms with Crippen LogP contribution in [0, 0.1) is 5.41 Å². The standard InChI is InChI=1S/C37H36N2O3/c1-37(2)22-31(38-26-15-17-27(41-3)18-16-26)35(32(40)23-37)34-29-20-19-28(42-4)21-30(29)39-36(34)33(24-11-7-5-8-12-24)25-13-9-6-10-14-25/h5-21,33,38-39H,22-23H2,1-4H3. The van der Waals surface area contributed by atoms with Crippen LogP contribution in [0.4, 0.5) is 5.69 Å². The number of rotatable bonds is 8. The molecule has 5 nitrogen and oxygen atoms in total. The highest BCUT2D eigenvalue weighted by atomic mass is 16.5. The van der Waals surface area contributed by atoms with Crippen LogP contribution in [-0.2, 0) is 4.79 Å². The maximum Gasteiger partial charge on any atom is 0.165 e. The normalized spacial score (nSPS) is 14.8. The molecular weight excluding hydrogens is 520 g/mol. The molecule has 0 saturated heterocycles. The number of aromatic amines is 1. The first-order valence-corrected chi connectivity index (χ1v) is 14.3. The minimum absolute atomic E-state index is 0.113. The van der Waals surface area contributed by atoms with Crippen molar-refractivity contribution in [3.63, 3.8) is 0 Å². The summed E-state index contributed by atoms with van der Waals surface area (Å²) in [4.78, 5) is 18.0. The third-order valence-corrected chi connectivity index (χ3v) is 8.10. The molecular formula is C37H36N2O3. The van der Waals surface area contributed by atoms with Gasteiger partial charge >= 0.3 is 0 Å². The van der Waals surface area contributed by atoms with E-state index in [0.717, 1.165) is 68.2 Å². The van der Waals surface area contributed by atoms with Gasteiger partial charge in [-0.25, -0.2) is 0 Å². The molecule has 0 bridgehead atoms. The zero-order valence-corrected chi connectivity index (χ0v) is 24.5. The fourth-order valence-electron chi connectivity index (χ4n) is 6.19. The summed E-state index contributed by atoms with van der Waals surface area (Å²) >= 11 is 0. The van der Waals surface area contributed by atoms with Gasteiger partial charge in [-0.2, -0.15) is 0 Å². The molecule has 0 atom stereocenters. The molecule has 0 unspecified atom stereocenters. The maximum absolute atomic E-state index is 14.3. The Morgan fingerprint density at radius 3 is 1.95 bits per heavy atom. The molecule has 0 spiro atoms. The Bertz CT molecular complexity index is 1710. The van der Waals surface area contributed by atoms with Gasteiger partial charge in [0, 0.05) is 57.5 Å². The summed E-state index contributed by atoms with van der Waals surface area (Å²) < 4.78 is 11.0. The van der Waals surface area contributed by atoms with Gasteiger partial charge in [0.05, 0.1) is 14.2 Å². The Labute approximate surface area is 247 Å². The van der Waals surface area contributed by atoms with Crippen molar-refractivity contribution in [3.8, 4) is 11.5 Å². The molecule has 0 aliphatic heterocycles. The summed E-state index contributed by atoms with van der Waals surface area (Å²) in [6, 6.07) is 34.9. The van der Waals surface area contributed by atoms with Gasteiger partial charge in [0.25, 0.3) is 0 Å². The van der Waals surface area contributed by atoms with Gasteiger partial charge in [-0.05, 0) is 59.4 Å². The van der Waals surface area contributed by atoms with E-state index in [-0.39, 0.29) is 17.1 Å². The Kier molecular flexibility index (Phi) is 7.34. The third kappa shape index (κ3) is 5.30. The van der Waals surface area contributed by atoms with Crippen LogP contribution in [0.1, 0.15) is 55.0 Å². The van der Waals surface area contributed by atoms with E-state index in [2.05, 4.69) is 78.7 Å². The summed E-state index contributed by atoms with van der Waals surface area (Å²) in [7, 11) is 3.34. The second-order valence-electron chi connectivity index (χ2n) is 11.7. The van der Waals surface area contributed by atoms with E-state index in [0.29, 0.717) is 6.42 Å². The highest BCUT2D eigenvalue weighted by Gasteiger charge is 2.37. The molecule has 5 heteroatoms. The predicted molar refractivity (Wildman–Crippen MR) is 170 cm³/mol. The van der Waals surface area contributed by atoms with Crippen LogP contribution in [0.5, 0.6) is 11.5 Å². The number of ketones is 1. The molecule has 42 heavy (non-hydrogen) atoms. The predicted octanol–water partition coefficient (Wildman–Crippen LogP) is 8.58. The van der Waals surface area contributed by atoms with Crippen LogP contribution >= 0.6 is 0 Å². The quantitative estimate of drug-likeness (QED) is 0.201. The number of carbonyl (C=O) groups excluding carboxylic acids is 1. The number of benzene rings is 4. The van der Waals surface area contributed by atoms with Crippen molar-refractivity contribution < 1.29 is 14.3 Å². The van der Waals surface area contributed by atoms with E-state index >= 15 is 0 Å². The van der Waals surface area contributed by atoms with Crippen molar-refractivity contribution in [1.82, 2.24) is 4.98 Å². The highest BCUT2D eigenvalue weighted by molar-refractivity contribution is 6.26. The zero-order valence-electron chi connectivity index (χ0n) is 24.5. The molecule has 5 aromatic rings. The average Bonchev–Trinajstić information content (AvgIpc) is 3.35. The number of anilines is 1. The van der Waals surface area contributed by atoms with Gasteiger partial charge in [-0.15, -0.1) is 0 Å².